The lowest BCUT2D eigenvalue weighted by Gasteiger charge is -2.03. The van der Waals surface area contributed by atoms with Gasteiger partial charge in [-0.2, -0.15) is 0 Å². The Balaban J connectivity index is 2.09. The fourth-order valence-corrected chi connectivity index (χ4v) is 2.18. The van der Waals surface area contributed by atoms with E-state index in [0.717, 1.165) is 30.8 Å². The van der Waals surface area contributed by atoms with E-state index < -0.39 is 0 Å². The number of fused-ring (bicyclic) bond motifs is 1. The third-order valence-corrected chi connectivity index (χ3v) is 3.01. The molecule has 0 amide bonds. The van der Waals surface area contributed by atoms with Gasteiger partial charge in [0, 0.05) is 19.0 Å². The Morgan fingerprint density at radius 2 is 2.47 bits per heavy atom. The molecule has 1 aliphatic rings. The molecular weight excluding hydrogens is 212 g/mol. The Morgan fingerprint density at radius 1 is 1.53 bits per heavy atom. The molecule has 0 bridgehead atoms. The minimum Gasteiger partial charge on any atom is -0.372 e. The quantitative estimate of drug-likeness (QED) is 0.742. The lowest BCUT2D eigenvalue weighted by molar-refractivity contribution is 0.109. The number of halogens is 1. The highest BCUT2D eigenvalue weighted by atomic mass is 35.5. The maximum atomic E-state index is 6.05. The van der Waals surface area contributed by atoms with E-state index in [9.17, 15) is 0 Å². The summed E-state index contributed by atoms with van der Waals surface area (Å²) in [5.74, 6) is 0. The second-order valence-corrected chi connectivity index (χ2v) is 4.16. The summed E-state index contributed by atoms with van der Waals surface area (Å²) in [4.78, 5) is 4.50. The van der Waals surface area contributed by atoms with Gasteiger partial charge in [-0.15, -0.1) is 0 Å². The molecule has 78 valence electrons. The second kappa shape index (κ2) is 3.51. The molecule has 3 heterocycles. The molecule has 1 aliphatic heterocycles. The van der Waals surface area contributed by atoms with E-state index >= 15 is 0 Å². The molecule has 0 N–H and O–H groups in total. The smallest absolute Gasteiger partial charge is 0.155 e. The summed E-state index contributed by atoms with van der Waals surface area (Å²) in [6.07, 6.45) is 6.28. The van der Waals surface area contributed by atoms with Crippen molar-refractivity contribution in [3.8, 4) is 0 Å². The lowest BCUT2D eigenvalue weighted by Crippen LogP contribution is -1.95. The summed E-state index contributed by atoms with van der Waals surface area (Å²) in [7, 11) is 0. The summed E-state index contributed by atoms with van der Waals surface area (Å²) in [5, 5.41) is 0.682. The number of rotatable bonds is 1. The van der Waals surface area contributed by atoms with Crippen LogP contribution in [0.5, 0.6) is 0 Å². The third kappa shape index (κ3) is 1.52. The van der Waals surface area contributed by atoms with Crippen molar-refractivity contribution in [3.63, 3.8) is 0 Å². The number of aromatic nitrogens is 2. The van der Waals surface area contributed by atoms with Gasteiger partial charge in [0.25, 0.3) is 0 Å². The maximum Gasteiger partial charge on any atom is 0.155 e. The van der Waals surface area contributed by atoms with Crippen LogP contribution in [0.25, 0.3) is 5.65 Å². The molecule has 0 aliphatic carbocycles. The molecule has 0 radical (unpaired) electrons. The maximum absolute atomic E-state index is 6.05. The molecule has 15 heavy (non-hydrogen) atoms. The van der Waals surface area contributed by atoms with Gasteiger partial charge in [-0.25, -0.2) is 4.98 Å². The topological polar surface area (TPSA) is 26.5 Å². The first-order chi connectivity index (χ1) is 7.34. The van der Waals surface area contributed by atoms with Crippen molar-refractivity contribution in [2.24, 2.45) is 0 Å². The van der Waals surface area contributed by atoms with Gasteiger partial charge in [0.1, 0.15) is 6.10 Å². The van der Waals surface area contributed by atoms with Crippen LogP contribution in [0, 0.1) is 0 Å². The van der Waals surface area contributed by atoms with E-state index in [-0.39, 0.29) is 6.10 Å². The van der Waals surface area contributed by atoms with Crippen LogP contribution in [-0.2, 0) is 4.74 Å². The number of hydrogen-bond acceptors (Lipinski definition) is 2. The predicted octanol–water partition coefficient (Wildman–Crippen LogP) is 2.84. The first-order valence-corrected chi connectivity index (χ1v) is 5.47. The van der Waals surface area contributed by atoms with Crippen LogP contribution in [0.1, 0.15) is 24.6 Å². The molecule has 3 nitrogen and oxygen atoms in total. The monoisotopic (exact) mass is 222 g/mol. The molecule has 1 saturated heterocycles. The SMILES string of the molecule is Clc1cccn2cc(C3CCCO3)nc12. The van der Waals surface area contributed by atoms with Gasteiger partial charge in [-0.1, -0.05) is 11.6 Å². The Bertz CT molecular complexity index is 488. The van der Waals surface area contributed by atoms with E-state index in [0.29, 0.717) is 5.02 Å². The highest BCUT2D eigenvalue weighted by molar-refractivity contribution is 6.33. The highest BCUT2D eigenvalue weighted by Crippen LogP contribution is 2.28. The van der Waals surface area contributed by atoms with Crippen molar-refractivity contribution in [2.75, 3.05) is 6.61 Å². The van der Waals surface area contributed by atoms with Gasteiger partial charge in [0.05, 0.1) is 10.7 Å². The van der Waals surface area contributed by atoms with Crippen LogP contribution in [0.4, 0.5) is 0 Å². The predicted molar refractivity (Wildman–Crippen MR) is 58.1 cm³/mol. The zero-order valence-electron chi connectivity index (χ0n) is 8.19. The van der Waals surface area contributed by atoms with Gasteiger partial charge in [0.2, 0.25) is 0 Å². The van der Waals surface area contributed by atoms with E-state index in [4.69, 9.17) is 16.3 Å². The Morgan fingerprint density at radius 3 is 3.20 bits per heavy atom. The first kappa shape index (κ1) is 9.19. The van der Waals surface area contributed by atoms with E-state index in [1.54, 1.807) is 0 Å². The summed E-state index contributed by atoms with van der Waals surface area (Å²) in [6, 6.07) is 3.76. The number of hydrogen-bond donors (Lipinski definition) is 0. The average molecular weight is 223 g/mol. The van der Waals surface area contributed by atoms with Crippen LogP contribution < -0.4 is 0 Å². The molecule has 0 aromatic carbocycles. The summed E-state index contributed by atoms with van der Waals surface area (Å²) in [6.45, 7) is 0.840. The fraction of sp³-hybridized carbons (Fsp3) is 0.364. The third-order valence-electron chi connectivity index (χ3n) is 2.71. The molecule has 3 rings (SSSR count). The summed E-state index contributed by atoms with van der Waals surface area (Å²) in [5.41, 5.74) is 1.80. The average Bonchev–Trinajstić information content (AvgIpc) is 2.86. The van der Waals surface area contributed by atoms with Crippen molar-refractivity contribution in [2.45, 2.75) is 18.9 Å². The lowest BCUT2D eigenvalue weighted by atomic mass is 10.2. The number of nitrogens with zero attached hydrogens (tertiary/aromatic N) is 2. The summed E-state index contributed by atoms with van der Waals surface area (Å²) >= 11 is 6.05. The van der Waals surface area contributed by atoms with Crippen LogP contribution >= 0.6 is 11.6 Å². The molecule has 0 saturated carbocycles. The number of imidazole rings is 1. The van der Waals surface area contributed by atoms with Crippen molar-refractivity contribution < 1.29 is 4.74 Å². The van der Waals surface area contributed by atoms with E-state index in [1.807, 2.05) is 28.9 Å². The van der Waals surface area contributed by atoms with Crippen LogP contribution in [-0.4, -0.2) is 16.0 Å². The normalized spacial score (nSPS) is 21.3. The standard InChI is InChI=1S/C11H11ClN2O/c12-8-3-1-5-14-7-9(13-11(8)14)10-4-2-6-15-10/h1,3,5,7,10H,2,4,6H2. The van der Waals surface area contributed by atoms with E-state index in [1.165, 1.54) is 0 Å². The highest BCUT2D eigenvalue weighted by Gasteiger charge is 2.20. The number of ether oxygens (including phenoxy) is 1. The zero-order valence-corrected chi connectivity index (χ0v) is 8.94. The van der Waals surface area contributed by atoms with Crippen molar-refractivity contribution in [1.82, 2.24) is 9.38 Å². The van der Waals surface area contributed by atoms with Gasteiger partial charge in [-0.3, -0.25) is 0 Å². The second-order valence-electron chi connectivity index (χ2n) is 3.75. The van der Waals surface area contributed by atoms with Crippen LogP contribution in [0.15, 0.2) is 24.5 Å². The molecule has 0 spiro atoms. The minimum absolute atomic E-state index is 0.154. The molecule has 1 fully saturated rings. The number of pyridine rings is 1. The molecule has 2 aromatic rings. The van der Waals surface area contributed by atoms with Crippen molar-refractivity contribution >= 4 is 17.2 Å². The van der Waals surface area contributed by atoms with E-state index in [2.05, 4.69) is 4.98 Å². The van der Waals surface area contributed by atoms with Gasteiger partial charge in [0.15, 0.2) is 5.65 Å². The van der Waals surface area contributed by atoms with Gasteiger partial charge >= 0.3 is 0 Å². The van der Waals surface area contributed by atoms with Crippen molar-refractivity contribution in [1.29, 1.82) is 0 Å². The fourth-order valence-electron chi connectivity index (χ4n) is 1.96. The van der Waals surface area contributed by atoms with Crippen molar-refractivity contribution in [3.05, 3.63) is 35.2 Å². The molecule has 4 heteroatoms. The van der Waals surface area contributed by atoms with Crippen LogP contribution in [0.3, 0.4) is 0 Å². The largest absolute Gasteiger partial charge is 0.372 e. The molecule has 1 unspecified atom stereocenters. The molecule has 1 atom stereocenters. The van der Waals surface area contributed by atoms with Crippen LogP contribution in [0.2, 0.25) is 5.02 Å². The summed E-state index contributed by atoms with van der Waals surface area (Å²) < 4.78 is 7.53. The Labute approximate surface area is 92.6 Å². The van der Waals surface area contributed by atoms with Gasteiger partial charge in [-0.05, 0) is 25.0 Å². The Hall–Kier alpha value is -1.06. The minimum atomic E-state index is 0.154. The zero-order chi connectivity index (χ0) is 10.3. The van der Waals surface area contributed by atoms with Gasteiger partial charge < -0.3 is 9.14 Å². The molecule has 2 aromatic heterocycles. The molecular formula is C11H11ClN2O. The first-order valence-electron chi connectivity index (χ1n) is 5.09. The Kier molecular flexibility index (Phi) is 2.15.